The van der Waals surface area contributed by atoms with E-state index in [1.807, 2.05) is 12.1 Å². The van der Waals surface area contributed by atoms with E-state index in [4.69, 9.17) is 4.52 Å². The summed E-state index contributed by atoms with van der Waals surface area (Å²) in [5.41, 5.74) is 1.78. The Hall–Kier alpha value is -3.86. The molecule has 4 aromatic heterocycles. The molecule has 180 valence electrons. The lowest BCUT2D eigenvalue weighted by molar-refractivity contribution is -0.0884. The van der Waals surface area contributed by atoms with Crippen LogP contribution in [0.2, 0.25) is 0 Å². The Morgan fingerprint density at radius 1 is 1.14 bits per heavy atom. The molecule has 0 aromatic carbocycles. The number of rotatable bonds is 7. The summed E-state index contributed by atoms with van der Waals surface area (Å²) >= 11 is 0. The Bertz CT molecular complexity index is 1380. The highest BCUT2D eigenvalue weighted by Gasteiger charge is 2.41. The molecule has 0 saturated carbocycles. The van der Waals surface area contributed by atoms with Crippen LogP contribution in [0.5, 0.6) is 0 Å². The zero-order valence-corrected chi connectivity index (χ0v) is 18.6. The van der Waals surface area contributed by atoms with Crippen LogP contribution < -0.4 is 0 Å². The number of fused-ring (bicyclic) bond motifs is 1. The average molecular weight is 482 g/mol. The number of carbonyl (C=O) groups excluding carboxylic acids is 1. The first kappa shape index (κ1) is 22.9. The van der Waals surface area contributed by atoms with Crippen molar-refractivity contribution in [2.75, 3.05) is 19.6 Å². The monoisotopic (exact) mass is 482 g/mol. The van der Waals surface area contributed by atoms with Gasteiger partial charge in [-0.15, -0.1) is 0 Å². The molecule has 5 heterocycles. The smallest absolute Gasteiger partial charge is 0.334 e. The van der Waals surface area contributed by atoms with Crippen molar-refractivity contribution in [3.63, 3.8) is 0 Å². The second kappa shape index (κ2) is 9.41. The molecule has 0 bridgehead atoms. The fourth-order valence-electron chi connectivity index (χ4n) is 4.17. The number of pyridine rings is 2. The van der Waals surface area contributed by atoms with Gasteiger partial charge < -0.3 is 9.09 Å². The summed E-state index contributed by atoms with van der Waals surface area (Å²) in [5, 5.41) is 4.25. The van der Waals surface area contributed by atoms with Gasteiger partial charge in [0, 0.05) is 67.5 Å². The molecule has 5 rings (SSSR count). The normalized spacial score (nSPS) is 14.9. The molecule has 0 unspecified atom stereocenters. The van der Waals surface area contributed by atoms with E-state index in [-0.39, 0.29) is 10.9 Å². The lowest BCUT2D eigenvalue weighted by atomic mass is 10.1. The van der Waals surface area contributed by atoms with Crippen LogP contribution in [-0.2, 0) is 6.54 Å². The van der Waals surface area contributed by atoms with Crippen molar-refractivity contribution in [2.45, 2.75) is 25.6 Å². The van der Waals surface area contributed by atoms with Gasteiger partial charge in [-0.05, 0) is 37.1 Å². The molecule has 1 aliphatic heterocycles. The number of hydrogen-bond donors (Lipinski definition) is 0. The minimum Gasteiger partial charge on any atom is -0.334 e. The maximum absolute atomic E-state index is 13.0. The van der Waals surface area contributed by atoms with Gasteiger partial charge in [-0.2, -0.15) is 18.2 Å². The number of nitrogens with zero attached hydrogens (tertiary/aromatic N) is 6. The molecule has 0 N–H and O–H groups in total. The van der Waals surface area contributed by atoms with Crippen molar-refractivity contribution in [3.05, 3.63) is 66.6 Å². The van der Waals surface area contributed by atoms with E-state index in [0.29, 0.717) is 36.9 Å². The van der Waals surface area contributed by atoms with E-state index in [2.05, 4.69) is 31.1 Å². The highest BCUT2D eigenvalue weighted by Crippen LogP contribution is 2.28. The van der Waals surface area contributed by atoms with Crippen LogP contribution in [0, 0.1) is 0 Å². The van der Waals surface area contributed by atoms with Crippen LogP contribution in [0.15, 0.2) is 59.7 Å². The van der Waals surface area contributed by atoms with E-state index in [1.54, 1.807) is 17.0 Å². The van der Waals surface area contributed by atoms with Crippen LogP contribution >= 0.6 is 0 Å². The largest absolute Gasteiger partial charge is 0.454 e. The molecular weight excluding hydrogens is 461 g/mol. The van der Waals surface area contributed by atoms with E-state index in [9.17, 15) is 18.0 Å². The Balaban J connectivity index is 1.20. The third-order valence-corrected chi connectivity index (χ3v) is 5.92. The molecule has 4 aromatic rings. The molecule has 11 heteroatoms. The van der Waals surface area contributed by atoms with Crippen molar-refractivity contribution >= 4 is 22.4 Å². The van der Waals surface area contributed by atoms with Gasteiger partial charge in [0.15, 0.2) is 0 Å². The average Bonchev–Trinajstić information content (AvgIpc) is 3.50. The second-order valence-corrected chi connectivity index (χ2v) is 8.24. The minimum atomic E-state index is -4.93. The Kier molecular flexibility index (Phi) is 6.16. The fraction of sp³-hybridized carbons (Fsp3) is 0.292. The Morgan fingerprint density at radius 3 is 2.74 bits per heavy atom. The van der Waals surface area contributed by atoms with Crippen molar-refractivity contribution < 1.29 is 22.5 Å². The summed E-state index contributed by atoms with van der Waals surface area (Å²) in [6.07, 6.45) is 4.69. The van der Waals surface area contributed by atoms with Gasteiger partial charge in [0.25, 0.3) is 11.7 Å². The van der Waals surface area contributed by atoms with Crippen molar-refractivity contribution in [2.24, 2.45) is 0 Å². The molecular formula is C24H21F3N6O2. The van der Waals surface area contributed by atoms with E-state index in [1.165, 1.54) is 24.5 Å². The lowest BCUT2D eigenvalue weighted by Crippen LogP contribution is -2.30. The molecule has 0 radical (unpaired) electrons. The zero-order valence-electron chi connectivity index (χ0n) is 18.6. The van der Waals surface area contributed by atoms with Gasteiger partial charge >= 0.3 is 6.18 Å². The maximum atomic E-state index is 13.0. The maximum Gasteiger partial charge on any atom is 0.454 e. The molecule has 0 aliphatic carbocycles. The number of halogens is 3. The molecule has 0 fully saturated rings. The Morgan fingerprint density at radius 2 is 2.00 bits per heavy atom. The summed E-state index contributed by atoms with van der Waals surface area (Å²) in [5.74, 6) is -0.863. The molecule has 0 amide bonds. The fourth-order valence-corrected chi connectivity index (χ4v) is 4.17. The molecule has 0 atom stereocenters. The third kappa shape index (κ3) is 4.85. The number of aromatic nitrogens is 5. The summed E-state index contributed by atoms with van der Waals surface area (Å²) in [7, 11) is 0. The van der Waals surface area contributed by atoms with Crippen LogP contribution in [0.1, 0.15) is 29.1 Å². The summed E-state index contributed by atoms with van der Waals surface area (Å²) in [4.78, 5) is 26.8. The lowest BCUT2D eigenvalue weighted by Gasteiger charge is -2.25. The van der Waals surface area contributed by atoms with Crippen LogP contribution in [0.4, 0.5) is 13.2 Å². The molecule has 35 heavy (non-hydrogen) atoms. The highest BCUT2D eigenvalue weighted by atomic mass is 19.4. The zero-order chi connectivity index (χ0) is 24.4. The molecule has 0 saturated heterocycles. The summed E-state index contributed by atoms with van der Waals surface area (Å²) < 4.78 is 46.0. The predicted octanol–water partition coefficient (Wildman–Crippen LogP) is 4.41. The second-order valence-electron chi connectivity index (χ2n) is 8.24. The van der Waals surface area contributed by atoms with E-state index >= 15 is 0 Å². The minimum absolute atomic E-state index is 0.214. The first-order valence-electron chi connectivity index (χ1n) is 11.1. The molecule has 1 aliphatic rings. The highest BCUT2D eigenvalue weighted by molar-refractivity contribution is 6.10. The summed E-state index contributed by atoms with van der Waals surface area (Å²) in [6.45, 7) is 2.68. The number of hydrogen-bond acceptors (Lipinski definition) is 7. The van der Waals surface area contributed by atoms with Gasteiger partial charge in [0.05, 0.1) is 5.56 Å². The summed E-state index contributed by atoms with van der Waals surface area (Å²) in [6, 6.07) is 6.70. The third-order valence-electron chi connectivity index (χ3n) is 5.92. The van der Waals surface area contributed by atoms with Gasteiger partial charge in [-0.3, -0.25) is 14.7 Å². The number of ketones is 1. The van der Waals surface area contributed by atoms with Gasteiger partial charge in [0.2, 0.25) is 5.82 Å². The first-order valence-corrected chi connectivity index (χ1v) is 11.1. The Labute approximate surface area is 198 Å². The van der Waals surface area contributed by atoms with Crippen LogP contribution in [-0.4, -0.2) is 61.2 Å². The van der Waals surface area contributed by atoms with Gasteiger partial charge in [-0.1, -0.05) is 11.2 Å². The topological polar surface area (TPSA) is 89.9 Å². The van der Waals surface area contributed by atoms with E-state index < -0.39 is 12.0 Å². The standard InChI is InChI=1S/C24H21F3N6O2/c25-24(26,27)20(34)19-15-33(22-18(19)5-2-9-29-22)11-3-10-32-12-6-16(7-13-32)23-30-21(31-35-23)17-4-1-8-28-14-17/h1-2,4-6,8-9,14-15H,3,7,10-13H2. The van der Waals surface area contributed by atoms with Gasteiger partial charge in [0.1, 0.15) is 5.65 Å². The SMILES string of the molecule is O=C(c1cn(CCCN2CC=C(c3nc(-c4cccnc4)no3)CC2)c2ncccc12)C(F)(F)F. The van der Waals surface area contributed by atoms with Crippen LogP contribution in [0.25, 0.3) is 28.0 Å². The quantitative estimate of drug-likeness (QED) is 0.361. The van der Waals surface area contributed by atoms with Gasteiger partial charge in [-0.25, -0.2) is 4.98 Å². The van der Waals surface area contributed by atoms with Crippen molar-refractivity contribution in [1.82, 2.24) is 29.6 Å². The van der Waals surface area contributed by atoms with E-state index in [0.717, 1.165) is 30.6 Å². The first-order chi connectivity index (χ1) is 16.9. The number of Topliss-reactive ketones (excluding diaryl/α,β-unsaturated/α-hetero) is 1. The predicted molar refractivity (Wildman–Crippen MR) is 121 cm³/mol. The van der Waals surface area contributed by atoms with Crippen molar-refractivity contribution in [3.8, 4) is 11.4 Å². The van der Waals surface area contributed by atoms with Crippen LogP contribution in [0.3, 0.4) is 0 Å². The number of aryl methyl sites for hydroxylation is 1. The number of alkyl halides is 3. The number of carbonyl (C=O) groups is 1. The van der Waals surface area contributed by atoms with Crippen molar-refractivity contribution in [1.29, 1.82) is 0 Å². The molecule has 0 spiro atoms. The molecule has 8 nitrogen and oxygen atoms in total.